The third-order valence-electron chi connectivity index (χ3n) is 2.14. The van der Waals surface area contributed by atoms with Crippen LogP contribution in [0.25, 0.3) is 0 Å². The van der Waals surface area contributed by atoms with E-state index in [9.17, 15) is 9.59 Å². The number of benzene rings is 1. The van der Waals surface area contributed by atoms with Gasteiger partial charge in [0.1, 0.15) is 19.3 Å². The maximum absolute atomic E-state index is 11.3. The van der Waals surface area contributed by atoms with Crippen LogP contribution < -0.4 is 5.32 Å². The number of ether oxygens (including phenoxy) is 2. The molecular formula is C13H16BrNO4. The molecule has 0 fully saturated rings. The second-order valence-corrected chi connectivity index (χ2v) is 4.52. The molecule has 5 nitrogen and oxygen atoms in total. The minimum atomic E-state index is -0.646. The molecule has 1 aromatic rings. The molecule has 1 unspecified atom stereocenters. The van der Waals surface area contributed by atoms with Crippen LogP contribution in [0.4, 0.5) is 4.79 Å². The van der Waals surface area contributed by atoms with Gasteiger partial charge in [0.15, 0.2) is 0 Å². The molecule has 6 heteroatoms. The third kappa shape index (κ3) is 6.81. The van der Waals surface area contributed by atoms with E-state index in [1.54, 1.807) is 6.92 Å². The number of rotatable bonds is 6. The molecule has 0 radical (unpaired) electrons. The van der Waals surface area contributed by atoms with Crippen LogP contribution in [0.1, 0.15) is 12.5 Å². The molecular weight excluding hydrogens is 314 g/mol. The molecule has 1 atom stereocenters. The predicted molar refractivity (Wildman–Crippen MR) is 74.0 cm³/mol. The van der Waals surface area contributed by atoms with E-state index in [0.29, 0.717) is 5.33 Å². The smallest absolute Gasteiger partial charge is 0.407 e. The maximum atomic E-state index is 11.3. The van der Waals surface area contributed by atoms with Gasteiger partial charge in [-0.15, -0.1) is 0 Å². The lowest BCUT2D eigenvalue weighted by Crippen LogP contribution is -2.32. The first-order valence-electron chi connectivity index (χ1n) is 5.82. The number of carbonyl (C=O) groups excluding carboxylic acids is 2. The number of hydrogen-bond donors (Lipinski definition) is 1. The first-order chi connectivity index (χ1) is 9.11. The van der Waals surface area contributed by atoms with Crippen molar-refractivity contribution in [2.45, 2.75) is 19.6 Å². The molecule has 0 spiro atoms. The normalized spacial score (nSPS) is 11.5. The van der Waals surface area contributed by atoms with Gasteiger partial charge in [-0.25, -0.2) is 4.79 Å². The van der Waals surface area contributed by atoms with Crippen LogP contribution in [0.15, 0.2) is 30.3 Å². The van der Waals surface area contributed by atoms with Crippen molar-refractivity contribution in [1.82, 2.24) is 5.32 Å². The Balaban J connectivity index is 2.19. The first-order valence-corrected chi connectivity index (χ1v) is 6.94. The third-order valence-corrected chi connectivity index (χ3v) is 3.05. The summed E-state index contributed by atoms with van der Waals surface area (Å²) in [7, 11) is 0. The van der Waals surface area contributed by atoms with Crippen LogP contribution in [0.2, 0.25) is 0 Å². The lowest BCUT2D eigenvalue weighted by Gasteiger charge is -2.10. The van der Waals surface area contributed by atoms with E-state index in [-0.39, 0.29) is 19.3 Å². The van der Waals surface area contributed by atoms with Crippen LogP contribution in [0.3, 0.4) is 0 Å². The number of alkyl carbamates (subject to hydrolysis) is 1. The van der Waals surface area contributed by atoms with Crippen molar-refractivity contribution < 1.29 is 19.1 Å². The zero-order valence-electron chi connectivity index (χ0n) is 10.6. The van der Waals surface area contributed by atoms with E-state index >= 15 is 0 Å². The van der Waals surface area contributed by atoms with Gasteiger partial charge in [0.25, 0.3) is 0 Å². The van der Waals surface area contributed by atoms with Crippen molar-refractivity contribution in [3.8, 4) is 0 Å². The van der Waals surface area contributed by atoms with Gasteiger partial charge in [-0.3, -0.25) is 4.79 Å². The van der Waals surface area contributed by atoms with Gasteiger partial charge in [-0.1, -0.05) is 46.3 Å². The Labute approximate surface area is 120 Å². The van der Waals surface area contributed by atoms with Crippen molar-refractivity contribution in [2.75, 3.05) is 11.9 Å². The molecule has 0 bridgehead atoms. The summed E-state index contributed by atoms with van der Waals surface area (Å²) in [5.74, 6) is -0.497. The Kier molecular flexibility index (Phi) is 6.95. The maximum Gasteiger partial charge on any atom is 0.407 e. The van der Waals surface area contributed by atoms with Crippen LogP contribution in [-0.4, -0.2) is 30.0 Å². The lowest BCUT2D eigenvalue weighted by molar-refractivity contribution is -0.145. The monoisotopic (exact) mass is 329 g/mol. The average molecular weight is 330 g/mol. The molecule has 104 valence electrons. The minimum absolute atomic E-state index is 0.166. The zero-order valence-corrected chi connectivity index (χ0v) is 12.2. The fourth-order valence-corrected chi connectivity index (χ4v) is 1.35. The largest absolute Gasteiger partial charge is 0.460 e. The van der Waals surface area contributed by atoms with Gasteiger partial charge in [-0.2, -0.15) is 0 Å². The van der Waals surface area contributed by atoms with E-state index in [0.717, 1.165) is 5.56 Å². The van der Waals surface area contributed by atoms with Crippen LogP contribution in [0, 0.1) is 0 Å². The molecule has 1 amide bonds. The van der Waals surface area contributed by atoms with E-state index in [1.165, 1.54) is 0 Å². The quantitative estimate of drug-likeness (QED) is 0.642. The summed E-state index contributed by atoms with van der Waals surface area (Å²) in [6, 6.07) is 9.29. The molecule has 1 N–H and O–H groups in total. The summed E-state index contributed by atoms with van der Waals surface area (Å²) in [4.78, 5) is 22.6. The highest BCUT2D eigenvalue weighted by molar-refractivity contribution is 9.09. The number of hydrogen-bond acceptors (Lipinski definition) is 4. The number of alkyl halides is 1. The Morgan fingerprint density at radius 3 is 2.63 bits per heavy atom. The van der Waals surface area contributed by atoms with E-state index in [1.807, 2.05) is 30.3 Å². The van der Waals surface area contributed by atoms with Gasteiger partial charge >= 0.3 is 12.1 Å². The highest BCUT2D eigenvalue weighted by Gasteiger charge is 2.10. The number of amides is 1. The molecule has 0 aliphatic rings. The molecule has 0 heterocycles. The Morgan fingerprint density at radius 1 is 1.32 bits per heavy atom. The summed E-state index contributed by atoms with van der Waals surface area (Å²) in [6.45, 7) is 1.71. The summed E-state index contributed by atoms with van der Waals surface area (Å²) >= 11 is 3.18. The predicted octanol–water partition coefficient (Wildman–Crippen LogP) is 2.24. The Bertz CT molecular complexity index is 410. The standard InChI is InChI=1S/C13H16BrNO4/c1-10(7-14)19-12(16)8-15-13(17)18-9-11-5-3-2-4-6-11/h2-6,10H,7-9H2,1H3,(H,15,17). The Morgan fingerprint density at radius 2 is 2.00 bits per heavy atom. The molecule has 0 saturated carbocycles. The van der Waals surface area contributed by atoms with Crippen molar-refractivity contribution >= 4 is 28.0 Å². The summed E-state index contributed by atoms with van der Waals surface area (Å²) in [6.07, 6.45) is -0.873. The fraction of sp³-hybridized carbons (Fsp3) is 0.385. The molecule has 0 aromatic heterocycles. The molecule has 0 aliphatic carbocycles. The summed E-state index contributed by atoms with van der Waals surface area (Å²) in [5.41, 5.74) is 0.883. The van der Waals surface area contributed by atoms with Crippen LogP contribution >= 0.6 is 15.9 Å². The summed E-state index contributed by atoms with van der Waals surface area (Å²) in [5, 5.41) is 2.88. The first kappa shape index (κ1) is 15.5. The van der Waals surface area contributed by atoms with E-state index in [4.69, 9.17) is 9.47 Å². The molecule has 1 aromatic carbocycles. The zero-order chi connectivity index (χ0) is 14.1. The molecule has 0 aliphatic heterocycles. The topological polar surface area (TPSA) is 64.6 Å². The van der Waals surface area contributed by atoms with Gasteiger partial charge in [-0.05, 0) is 12.5 Å². The number of halogens is 1. The molecule has 1 rings (SSSR count). The van der Waals surface area contributed by atoms with Crippen molar-refractivity contribution in [2.24, 2.45) is 0 Å². The van der Waals surface area contributed by atoms with Crippen molar-refractivity contribution in [3.63, 3.8) is 0 Å². The second kappa shape index (κ2) is 8.53. The van der Waals surface area contributed by atoms with Crippen molar-refractivity contribution in [1.29, 1.82) is 0 Å². The van der Waals surface area contributed by atoms with E-state index in [2.05, 4.69) is 21.2 Å². The van der Waals surface area contributed by atoms with Crippen LogP contribution in [0.5, 0.6) is 0 Å². The minimum Gasteiger partial charge on any atom is -0.460 e. The summed E-state index contributed by atoms with van der Waals surface area (Å²) < 4.78 is 9.90. The second-order valence-electron chi connectivity index (χ2n) is 3.87. The number of esters is 1. The number of carbonyl (C=O) groups is 2. The Hall–Kier alpha value is -1.56. The number of nitrogens with one attached hydrogen (secondary N) is 1. The average Bonchev–Trinajstić information content (AvgIpc) is 2.43. The van der Waals surface area contributed by atoms with Gasteiger partial charge in [0, 0.05) is 5.33 Å². The van der Waals surface area contributed by atoms with Crippen LogP contribution in [-0.2, 0) is 20.9 Å². The van der Waals surface area contributed by atoms with Gasteiger partial charge in [0.05, 0.1) is 0 Å². The fourth-order valence-electron chi connectivity index (χ4n) is 1.22. The van der Waals surface area contributed by atoms with Gasteiger partial charge < -0.3 is 14.8 Å². The molecule has 0 saturated heterocycles. The highest BCUT2D eigenvalue weighted by Crippen LogP contribution is 2.00. The highest BCUT2D eigenvalue weighted by atomic mass is 79.9. The van der Waals surface area contributed by atoms with Gasteiger partial charge in [0.2, 0.25) is 0 Å². The SMILES string of the molecule is CC(CBr)OC(=O)CNC(=O)OCc1ccccc1. The lowest BCUT2D eigenvalue weighted by atomic mass is 10.2. The van der Waals surface area contributed by atoms with E-state index < -0.39 is 12.1 Å². The molecule has 19 heavy (non-hydrogen) atoms. The van der Waals surface area contributed by atoms with Crippen molar-refractivity contribution in [3.05, 3.63) is 35.9 Å².